The van der Waals surface area contributed by atoms with Crippen molar-refractivity contribution in [3.63, 3.8) is 0 Å². The van der Waals surface area contributed by atoms with E-state index in [4.69, 9.17) is 11.6 Å². The fourth-order valence-electron chi connectivity index (χ4n) is 2.11. The number of thiophene rings is 1. The fourth-order valence-corrected chi connectivity index (χ4v) is 3.37. The zero-order valence-electron chi connectivity index (χ0n) is 11.7. The van der Waals surface area contributed by atoms with E-state index < -0.39 is 0 Å². The minimum Gasteiger partial charge on any atom is -0.306 e. The molecule has 0 saturated heterocycles. The highest BCUT2D eigenvalue weighted by atomic mass is 35.5. The molecular formula is C16H20ClNS. The van der Waals surface area contributed by atoms with Gasteiger partial charge in [-0.05, 0) is 54.9 Å². The summed E-state index contributed by atoms with van der Waals surface area (Å²) in [5.74, 6) is 0. The van der Waals surface area contributed by atoms with Gasteiger partial charge in [-0.1, -0.05) is 36.7 Å². The van der Waals surface area contributed by atoms with E-state index in [0.717, 1.165) is 18.0 Å². The van der Waals surface area contributed by atoms with Crippen molar-refractivity contribution >= 4 is 22.9 Å². The molecule has 1 unspecified atom stereocenters. The van der Waals surface area contributed by atoms with Gasteiger partial charge in [0.05, 0.1) is 11.1 Å². The first-order valence-corrected chi connectivity index (χ1v) is 7.92. The topological polar surface area (TPSA) is 12.0 Å². The minimum atomic E-state index is 0.201. The summed E-state index contributed by atoms with van der Waals surface area (Å²) < 4.78 is 0. The van der Waals surface area contributed by atoms with E-state index in [-0.39, 0.29) is 6.04 Å². The van der Waals surface area contributed by atoms with Gasteiger partial charge in [0.25, 0.3) is 0 Å². The molecule has 0 bridgehead atoms. The van der Waals surface area contributed by atoms with Gasteiger partial charge in [-0.3, -0.25) is 0 Å². The van der Waals surface area contributed by atoms with E-state index in [9.17, 15) is 0 Å². The van der Waals surface area contributed by atoms with Gasteiger partial charge >= 0.3 is 0 Å². The summed E-state index contributed by atoms with van der Waals surface area (Å²) in [6, 6.07) is 8.83. The summed E-state index contributed by atoms with van der Waals surface area (Å²) in [7, 11) is 0. The van der Waals surface area contributed by atoms with Crippen LogP contribution in [0.25, 0.3) is 0 Å². The third-order valence-corrected chi connectivity index (χ3v) is 4.79. The van der Waals surface area contributed by atoms with Crippen molar-refractivity contribution in [1.29, 1.82) is 0 Å². The van der Waals surface area contributed by atoms with Crippen molar-refractivity contribution in [1.82, 2.24) is 5.32 Å². The van der Waals surface area contributed by atoms with Gasteiger partial charge in [0.15, 0.2) is 0 Å². The Hall–Kier alpha value is -0.830. The Kier molecular flexibility index (Phi) is 5.03. The molecule has 0 aliphatic rings. The van der Waals surface area contributed by atoms with Crippen LogP contribution >= 0.6 is 22.9 Å². The Bertz CT molecular complexity index is 547. The highest BCUT2D eigenvalue weighted by molar-refractivity contribution is 7.10. The number of benzene rings is 1. The lowest BCUT2D eigenvalue weighted by Crippen LogP contribution is -2.22. The minimum absolute atomic E-state index is 0.201. The maximum Gasteiger partial charge on any atom is 0.0686 e. The lowest BCUT2D eigenvalue weighted by molar-refractivity contribution is 0.605. The summed E-state index contributed by atoms with van der Waals surface area (Å²) in [5.41, 5.74) is 3.95. The van der Waals surface area contributed by atoms with E-state index in [1.54, 1.807) is 11.3 Å². The monoisotopic (exact) mass is 293 g/mol. The van der Waals surface area contributed by atoms with Crippen LogP contribution in [-0.4, -0.2) is 6.54 Å². The summed E-state index contributed by atoms with van der Waals surface area (Å²) in [6.45, 7) is 7.48. The van der Waals surface area contributed by atoms with Crippen LogP contribution in [0.15, 0.2) is 29.6 Å². The molecule has 0 aliphatic heterocycles. The second-order valence-corrected chi connectivity index (χ2v) is 6.22. The average Bonchev–Trinajstić information content (AvgIpc) is 2.80. The predicted molar refractivity (Wildman–Crippen MR) is 85.4 cm³/mol. The van der Waals surface area contributed by atoms with Crippen LogP contribution in [0.3, 0.4) is 0 Å². The molecular weight excluding hydrogens is 274 g/mol. The fraction of sp³-hybridized carbons (Fsp3) is 0.375. The highest BCUT2D eigenvalue weighted by Crippen LogP contribution is 2.33. The van der Waals surface area contributed by atoms with Crippen molar-refractivity contribution < 1.29 is 0 Å². The number of hydrogen-bond donors (Lipinski definition) is 1. The second kappa shape index (κ2) is 6.56. The molecule has 1 atom stereocenters. The van der Waals surface area contributed by atoms with E-state index in [0.29, 0.717) is 0 Å². The molecule has 0 radical (unpaired) electrons. The Morgan fingerprint density at radius 2 is 2.00 bits per heavy atom. The summed E-state index contributed by atoms with van der Waals surface area (Å²) in [6.07, 6.45) is 1.12. The maximum atomic E-state index is 6.30. The molecule has 1 N–H and O–H groups in total. The molecule has 19 heavy (non-hydrogen) atoms. The molecule has 0 amide bonds. The molecule has 0 fully saturated rings. The quantitative estimate of drug-likeness (QED) is 0.808. The smallest absolute Gasteiger partial charge is 0.0686 e. The van der Waals surface area contributed by atoms with E-state index >= 15 is 0 Å². The van der Waals surface area contributed by atoms with Crippen molar-refractivity contribution in [2.75, 3.05) is 6.54 Å². The van der Waals surface area contributed by atoms with Gasteiger partial charge in [-0.15, -0.1) is 11.3 Å². The molecule has 2 rings (SSSR count). The molecule has 0 spiro atoms. The molecule has 1 aromatic carbocycles. The third-order valence-electron chi connectivity index (χ3n) is 3.37. The first-order valence-electron chi connectivity index (χ1n) is 6.67. The van der Waals surface area contributed by atoms with Crippen LogP contribution in [0.1, 0.15) is 41.0 Å². The number of hydrogen-bond acceptors (Lipinski definition) is 2. The Morgan fingerprint density at radius 1 is 1.21 bits per heavy atom. The lowest BCUT2D eigenvalue weighted by atomic mass is 10.00. The van der Waals surface area contributed by atoms with E-state index in [1.165, 1.54) is 21.6 Å². The Balaban J connectivity index is 2.37. The second-order valence-electron chi connectivity index (χ2n) is 4.86. The number of halogens is 1. The van der Waals surface area contributed by atoms with Gasteiger partial charge in [-0.2, -0.15) is 0 Å². The lowest BCUT2D eigenvalue weighted by Gasteiger charge is -2.19. The van der Waals surface area contributed by atoms with Crippen molar-refractivity contribution in [3.05, 3.63) is 56.2 Å². The Labute approximate surface area is 124 Å². The number of rotatable bonds is 5. The average molecular weight is 294 g/mol. The number of nitrogens with one attached hydrogen (secondary N) is 1. The highest BCUT2D eigenvalue weighted by Gasteiger charge is 2.18. The molecule has 0 aliphatic carbocycles. The maximum absolute atomic E-state index is 6.30. The molecule has 1 heterocycles. The summed E-state index contributed by atoms with van der Waals surface area (Å²) in [5, 5.41) is 6.51. The summed E-state index contributed by atoms with van der Waals surface area (Å²) in [4.78, 5) is 1.21. The standard InChI is InChI=1S/C16H20ClNS/c1-4-8-18-15(16-14(17)7-9-19-16)13-6-5-11(2)12(3)10-13/h5-7,9-10,15,18H,4,8H2,1-3H3. The predicted octanol–water partition coefficient (Wildman–Crippen LogP) is 5.11. The van der Waals surface area contributed by atoms with Gasteiger partial charge in [-0.25, -0.2) is 0 Å². The SMILES string of the molecule is CCCNC(c1ccc(C)c(C)c1)c1sccc1Cl. The van der Waals surface area contributed by atoms with Gasteiger partial charge in [0, 0.05) is 4.88 Å². The van der Waals surface area contributed by atoms with Crippen molar-refractivity contribution in [3.8, 4) is 0 Å². The molecule has 1 nitrogen and oxygen atoms in total. The van der Waals surface area contributed by atoms with Gasteiger partial charge in [0.1, 0.15) is 0 Å². The van der Waals surface area contributed by atoms with E-state index in [2.05, 4.69) is 49.7 Å². The molecule has 1 aromatic heterocycles. The first kappa shape index (κ1) is 14.6. The largest absolute Gasteiger partial charge is 0.306 e. The first-order chi connectivity index (χ1) is 9.13. The Morgan fingerprint density at radius 3 is 2.58 bits per heavy atom. The van der Waals surface area contributed by atoms with Crippen molar-refractivity contribution in [2.24, 2.45) is 0 Å². The molecule has 3 heteroatoms. The van der Waals surface area contributed by atoms with Gasteiger partial charge < -0.3 is 5.32 Å². The third kappa shape index (κ3) is 3.38. The van der Waals surface area contributed by atoms with Crippen LogP contribution in [0.5, 0.6) is 0 Å². The molecule has 0 saturated carbocycles. The van der Waals surface area contributed by atoms with Crippen LogP contribution in [0.2, 0.25) is 5.02 Å². The van der Waals surface area contributed by atoms with Crippen LogP contribution in [0, 0.1) is 13.8 Å². The van der Waals surface area contributed by atoms with Crippen LogP contribution in [-0.2, 0) is 0 Å². The van der Waals surface area contributed by atoms with Gasteiger partial charge in [0.2, 0.25) is 0 Å². The molecule has 2 aromatic rings. The zero-order valence-corrected chi connectivity index (χ0v) is 13.2. The van der Waals surface area contributed by atoms with Crippen LogP contribution in [0.4, 0.5) is 0 Å². The normalized spacial score (nSPS) is 12.6. The zero-order chi connectivity index (χ0) is 13.8. The van der Waals surface area contributed by atoms with E-state index in [1.807, 2.05) is 6.07 Å². The van der Waals surface area contributed by atoms with Crippen LogP contribution < -0.4 is 5.32 Å². The molecule has 102 valence electrons. The summed E-state index contributed by atoms with van der Waals surface area (Å²) >= 11 is 8.02. The van der Waals surface area contributed by atoms with Crippen molar-refractivity contribution in [2.45, 2.75) is 33.2 Å². The number of aryl methyl sites for hydroxylation is 2.